The molecule has 0 atom stereocenters. The zero-order chi connectivity index (χ0) is 15.5. The second-order valence-electron chi connectivity index (χ2n) is 4.85. The van der Waals surface area contributed by atoms with E-state index in [1.165, 1.54) is 4.57 Å². The first-order valence-corrected chi connectivity index (χ1v) is 6.79. The molecule has 0 aliphatic heterocycles. The van der Waals surface area contributed by atoms with Crippen LogP contribution in [0.2, 0.25) is 0 Å². The van der Waals surface area contributed by atoms with E-state index < -0.39 is 5.76 Å². The summed E-state index contributed by atoms with van der Waals surface area (Å²) in [6, 6.07) is 7.12. The first-order chi connectivity index (χ1) is 10.6. The molecule has 1 aromatic carbocycles. The highest BCUT2D eigenvalue weighted by molar-refractivity contribution is 5.89. The van der Waals surface area contributed by atoms with E-state index in [2.05, 4.69) is 15.3 Å². The lowest BCUT2D eigenvalue weighted by atomic mass is 10.1. The Labute approximate surface area is 125 Å². The molecule has 112 valence electrons. The summed E-state index contributed by atoms with van der Waals surface area (Å²) in [6.45, 7) is 0. The molecule has 2 aromatic heterocycles. The van der Waals surface area contributed by atoms with Crippen LogP contribution in [0.3, 0.4) is 0 Å². The maximum atomic E-state index is 11.9. The van der Waals surface area contributed by atoms with Gasteiger partial charge < -0.3 is 4.42 Å². The summed E-state index contributed by atoms with van der Waals surface area (Å²) >= 11 is 0. The van der Waals surface area contributed by atoms with Crippen molar-refractivity contribution in [2.75, 3.05) is 5.32 Å². The van der Waals surface area contributed by atoms with Crippen LogP contribution in [0.15, 0.2) is 45.9 Å². The Morgan fingerprint density at radius 2 is 2.09 bits per heavy atom. The van der Waals surface area contributed by atoms with Gasteiger partial charge in [-0.2, -0.15) is 0 Å². The number of fused-ring (bicyclic) bond motifs is 1. The van der Waals surface area contributed by atoms with Gasteiger partial charge in [0, 0.05) is 25.9 Å². The van der Waals surface area contributed by atoms with Crippen LogP contribution < -0.4 is 11.1 Å². The van der Waals surface area contributed by atoms with Gasteiger partial charge in [0.1, 0.15) is 0 Å². The smallest absolute Gasteiger partial charge is 0.408 e. The molecule has 7 heteroatoms. The van der Waals surface area contributed by atoms with Crippen molar-refractivity contribution >= 4 is 23.0 Å². The number of nitrogens with zero attached hydrogens (tertiary/aromatic N) is 3. The van der Waals surface area contributed by atoms with Gasteiger partial charge in [-0.05, 0) is 30.2 Å². The predicted molar refractivity (Wildman–Crippen MR) is 80.4 cm³/mol. The number of aryl methyl sites for hydroxylation is 2. The van der Waals surface area contributed by atoms with E-state index in [1.54, 1.807) is 31.6 Å². The lowest BCUT2D eigenvalue weighted by Gasteiger charge is -2.03. The van der Waals surface area contributed by atoms with E-state index in [-0.39, 0.29) is 5.91 Å². The third kappa shape index (κ3) is 2.88. The van der Waals surface area contributed by atoms with E-state index >= 15 is 0 Å². The molecule has 0 unspecified atom stereocenters. The number of aromatic nitrogens is 3. The summed E-state index contributed by atoms with van der Waals surface area (Å²) < 4.78 is 6.51. The number of amides is 1. The van der Waals surface area contributed by atoms with Gasteiger partial charge in [-0.3, -0.25) is 14.7 Å². The van der Waals surface area contributed by atoms with Crippen LogP contribution in [-0.2, 0) is 18.3 Å². The Kier molecular flexibility index (Phi) is 3.69. The van der Waals surface area contributed by atoms with Gasteiger partial charge in [-0.15, -0.1) is 0 Å². The van der Waals surface area contributed by atoms with Crippen LogP contribution in [-0.4, -0.2) is 20.4 Å². The van der Waals surface area contributed by atoms with Crippen molar-refractivity contribution < 1.29 is 9.21 Å². The molecular weight excluding hydrogens is 284 g/mol. The minimum Gasteiger partial charge on any atom is -0.408 e. The number of benzene rings is 1. The minimum atomic E-state index is -0.397. The van der Waals surface area contributed by atoms with Crippen LogP contribution in [0.4, 0.5) is 5.95 Å². The number of hydrogen-bond acceptors (Lipinski definition) is 5. The van der Waals surface area contributed by atoms with Gasteiger partial charge in [0.25, 0.3) is 0 Å². The summed E-state index contributed by atoms with van der Waals surface area (Å²) in [5.41, 5.74) is 2.21. The largest absolute Gasteiger partial charge is 0.419 e. The summed E-state index contributed by atoms with van der Waals surface area (Å²) in [5.74, 6) is -0.265. The van der Waals surface area contributed by atoms with E-state index in [0.717, 1.165) is 5.56 Å². The molecule has 1 amide bonds. The summed E-state index contributed by atoms with van der Waals surface area (Å²) in [7, 11) is 1.65. The van der Waals surface area contributed by atoms with Crippen molar-refractivity contribution in [1.29, 1.82) is 0 Å². The van der Waals surface area contributed by atoms with Crippen LogP contribution in [0.25, 0.3) is 11.1 Å². The fraction of sp³-hybridized carbons (Fsp3) is 0.200. The molecule has 3 aromatic rings. The van der Waals surface area contributed by atoms with Crippen molar-refractivity contribution in [3.05, 3.63) is 52.8 Å². The number of rotatable bonds is 4. The number of anilines is 1. The van der Waals surface area contributed by atoms with Crippen molar-refractivity contribution in [2.24, 2.45) is 7.05 Å². The van der Waals surface area contributed by atoms with Crippen molar-refractivity contribution in [3.63, 3.8) is 0 Å². The van der Waals surface area contributed by atoms with Gasteiger partial charge in [0.2, 0.25) is 11.9 Å². The Bertz CT molecular complexity index is 867. The van der Waals surface area contributed by atoms with E-state index in [0.29, 0.717) is 29.9 Å². The second kappa shape index (κ2) is 5.80. The van der Waals surface area contributed by atoms with E-state index in [9.17, 15) is 9.59 Å². The molecule has 22 heavy (non-hydrogen) atoms. The van der Waals surface area contributed by atoms with Crippen molar-refractivity contribution in [2.45, 2.75) is 12.8 Å². The van der Waals surface area contributed by atoms with Gasteiger partial charge in [-0.1, -0.05) is 6.07 Å². The number of nitrogens with one attached hydrogen (secondary N) is 1. The molecule has 0 aliphatic rings. The molecule has 0 spiro atoms. The highest BCUT2D eigenvalue weighted by Crippen LogP contribution is 2.15. The Hall–Kier alpha value is -2.96. The average Bonchev–Trinajstić information content (AvgIpc) is 2.81. The average molecular weight is 298 g/mol. The molecule has 0 saturated carbocycles. The quantitative estimate of drug-likeness (QED) is 0.788. The summed E-state index contributed by atoms with van der Waals surface area (Å²) in [5, 5.41) is 2.63. The topological polar surface area (TPSA) is 90.0 Å². The molecular formula is C15H14N4O3. The molecule has 0 saturated heterocycles. The van der Waals surface area contributed by atoms with Crippen LogP contribution in [0.1, 0.15) is 12.0 Å². The standard InChI is InChI=1S/C15H14N4O3/c1-19-11-9-10(3-5-12(11)22-15(19)21)4-6-13(20)18-14-16-7-2-8-17-14/h2-3,5,7-9H,4,6H2,1H3,(H,16,17,18,20). The highest BCUT2D eigenvalue weighted by atomic mass is 16.4. The van der Waals surface area contributed by atoms with Gasteiger partial charge in [0.15, 0.2) is 5.58 Å². The minimum absolute atomic E-state index is 0.160. The third-order valence-electron chi connectivity index (χ3n) is 3.31. The van der Waals surface area contributed by atoms with Gasteiger partial charge in [-0.25, -0.2) is 14.8 Å². The Balaban J connectivity index is 1.67. The summed E-state index contributed by atoms with van der Waals surface area (Å²) in [4.78, 5) is 31.2. The Morgan fingerprint density at radius 3 is 2.86 bits per heavy atom. The predicted octanol–water partition coefficient (Wildman–Crippen LogP) is 1.49. The van der Waals surface area contributed by atoms with Gasteiger partial charge in [0.05, 0.1) is 5.52 Å². The normalized spacial score (nSPS) is 10.8. The van der Waals surface area contributed by atoms with Crippen LogP contribution in [0, 0.1) is 0 Å². The molecule has 2 heterocycles. The third-order valence-corrected chi connectivity index (χ3v) is 3.31. The molecule has 0 fully saturated rings. The van der Waals surface area contributed by atoms with Gasteiger partial charge >= 0.3 is 5.76 Å². The molecule has 0 bridgehead atoms. The number of hydrogen-bond donors (Lipinski definition) is 1. The van der Waals surface area contributed by atoms with Crippen molar-refractivity contribution in [3.8, 4) is 0 Å². The number of carbonyl (C=O) groups is 1. The molecule has 0 radical (unpaired) electrons. The monoisotopic (exact) mass is 298 g/mol. The lowest BCUT2D eigenvalue weighted by Crippen LogP contribution is -2.14. The summed E-state index contributed by atoms with van der Waals surface area (Å²) in [6.07, 6.45) is 3.98. The van der Waals surface area contributed by atoms with Crippen LogP contribution in [0.5, 0.6) is 0 Å². The zero-order valence-electron chi connectivity index (χ0n) is 11.9. The maximum absolute atomic E-state index is 11.9. The van der Waals surface area contributed by atoms with E-state index in [1.807, 2.05) is 12.1 Å². The van der Waals surface area contributed by atoms with Crippen molar-refractivity contribution in [1.82, 2.24) is 14.5 Å². The fourth-order valence-corrected chi connectivity index (χ4v) is 2.14. The lowest BCUT2D eigenvalue weighted by molar-refractivity contribution is -0.116. The first kappa shape index (κ1) is 14.0. The van der Waals surface area contributed by atoms with E-state index in [4.69, 9.17) is 4.42 Å². The highest BCUT2D eigenvalue weighted by Gasteiger charge is 2.08. The molecule has 3 rings (SSSR count). The number of carbonyl (C=O) groups excluding carboxylic acids is 1. The molecule has 0 aliphatic carbocycles. The molecule has 1 N–H and O–H groups in total. The second-order valence-corrected chi connectivity index (χ2v) is 4.85. The molecule has 7 nitrogen and oxygen atoms in total. The Morgan fingerprint density at radius 1 is 1.32 bits per heavy atom. The SMILES string of the molecule is Cn1c(=O)oc2ccc(CCC(=O)Nc3ncccn3)cc21. The van der Waals surface area contributed by atoms with Crippen LogP contribution >= 0.6 is 0 Å². The fourth-order valence-electron chi connectivity index (χ4n) is 2.14. The first-order valence-electron chi connectivity index (χ1n) is 6.79. The zero-order valence-corrected chi connectivity index (χ0v) is 11.9. The maximum Gasteiger partial charge on any atom is 0.419 e. The number of oxazole rings is 1.